The Hall–Kier alpha value is -2.64. The van der Waals surface area contributed by atoms with Crippen molar-refractivity contribution >= 4 is 11.7 Å². The molecular weight excluding hydrogens is 371 g/mol. The highest BCUT2D eigenvalue weighted by Crippen LogP contribution is 2.30. The molecule has 0 unspecified atom stereocenters. The first kappa shape index (κ1) is 20.1. The zero-order valence-corrected chi connectivity index (χ0v) is 15.6. The van der Waals surface area contributed by atoms with Gasteiger partial charge in [0.15, 0.2) is 5.78 Å². The van der Waals surface area contributed by atoms with Gasteiger partial charge in [-0.15, -0.1) is 0 Å². The number of nitrogens with zero attached hydrogens (tertiary/aromatic N) is 3. The lowest BCUT2D eigenvalue weighted by Crippen LogP contribution is -2.42. The molecule has 1 amide bonds. The molecule has 0 radical (unpaired) electrons. The normalized spacial score (nSPS) is 17.6. The number of aromatic nitrogens is 2. The number of alkyl halides is 3. The predicted octanol–water partition coefficient (Wildman–Crippen LogP) is 3.49. The molecule has 0 bridgehead atoms. The van der Waals surface area contributed by atoms with E-state index in [2.05, 4.69) is 5.10 Å². The highest BCUT2D eigenvalue weighted by molar-refractivity contribution is 5.98. The van der Waals surface area contributed by atoms with Crippen molar-refractivity contribution in [3.05, 3.63) is 53.3 Å². The zero-order valence-electron chi connectivity index (χ0n) is 15.6. The number of piperidine rings is 1. The molecule has 0 aliphatic carbocycles. The third kappa shape index (κ3) is 4.79. The summed E-state index contributed by atoms with van der Waals surface area (Å²) in [5, 5.41) is 4.07. The van der Waals surface area contributed by atoms with Crippen LogP contribution in [0.5, 0.6) is 0 Å². The van der Waals surface area contributed by atoms with Crippen LogP contribution in [0.4, 0.5) is 13.2 Å². The van der Waals surface area contributed by atoms with E-state index in [0.717, 1.165) is 17.7 Å². The molecule has 1 fully saturated rings. The summed E-state index contributed by atoms with van der Waals surface area (Å²) in [6.45, 7) is 0.819. The van der Waals surface area contributed by atoms with E-state index in [1.165, 1.54) is 12.1 Å². The van der Waals surface area contributed by atoms with Gasteiger partial charge in [-0.1, -0.05) is 12.1 Å². The molecule has 150 valence electrons. The molecule has 1 aromatic carbocycles. The van der Waals surface area contributed by atoms with E-state index in [-0.39, 0.29) is 23.8 Å². The van der Waals surface area contributed by atoms with Crippen molar-refractivity contribution in [3.8, 4) is 0 Å². The maximum absolute atomic E-state index is 12.9. The Morgan fingerprint density at radius 1 is 1.29 bits per heavy atom. The Kier molecular flexibility index (Phi) is 5.86. The first-order chi connectivity index (χ1) is 13.2. The summed E-state index contributed by atoms with van der Waals surface area (Å²) >= 11 is 0. The van der Waals surface area contributed by atoms with Crippen molar-refractivity contribution in [3.63, 3.8) is 0 Å². The predicted molar refractivity (Wildman–Crippen MR) is 96.6 cm³/mol. The summed E-state index contributed by atoms with van der Waals surface area (Å²) < 4.78 is 40.4. The Morgan fingerprint density at radius 2 is 2.07 bits per heavy atom. The fourth-order valence-electron chi connectivity index (χ4n) is 3.51. The molecule has 1 aromatic heterocycles. The van der Waals surface area contributed by atoms with Crippen LogP contribution in [0.25, 0.3) is 0 Å². The van der Waals surface area contributed by atoms with E-state index in [4.69, 9.17) is 0 Å². The van der Waals surface area contributed by atoms with Gasteiger partial charge in [0, 0.05) is 44.2 Å². The highest BCUT2D eigenvalue weighted by atomic mass is 19.4. The maximum Gasteiger partial charge on any atom is 0.416 e. The van der Waals surface area contributed by atoms with Gasteiger partial charge >= 0.3 is 6.18 Å². The Labute approximate surface area is 161 Å². The average Bonchev–Trinajstić information content (AvgIpc) is 3.10. The number of ketones is 1. The van der Waals surface area contributed by atoms with Crippen molar-refractivity contribution in [1.82, 2.24) is 14.7 Å². The average molecular weight is 393 g/mol. The molecule has 8 heteroatoms. The number of hydrogen-bond acceptors (Lipinski definition) is 3. The number of carbonyl (C=O) groups excluding carboxylic acids is 2. The molecule has 0 saturated carbocycles. The van der Waals surface area contributed by atoms with E-state index in [9.17, 15) is 22.8 Å². The number of aryl methyl sites for hydroxylation is 2. The van der Waals surface area contributed by atoms with Gasteiger partial charge in [0.1, 0.15) is 0 Å². The highest BCUT2D eigenvalue weighted by Gasteiger charge is 2.33. The summed E-state index contributed by atoms with van der Waals surface area (Å²) in [7, 11) is 1.81. The van der Waals surface area contributed by atoms with Crippen LogP contribution < -0.4 is 0 Å². The third-order valence-corrected chi connectivity index (χ3v) is 5.01. The molecule has 1 aliphatic heterocycles. The van der Waals surface area contributed by atoms with Crippen molar-refractivity contribution in [2.24, 2.45) is 13.0 Å². The molecule has 28 heavy (non-hydrogen) atoms. The van der Waals surface area contributed by atoms with Crippen LogP contribution in [0.3, 0.4) is 0 Å². The number of Topliss-reactive ketones (excluding diaryl/α,β-unsaturated/α-hetero) is 1. The van der Waals surface area contributed by atoms with Crippen molar-refractivity contribution in [1.29, 1.82) is 0 Å². The number of likely N-dealkylation sites (tertiary alicyclic amines) is 1. The Balaban J connectivity index is 1.62. The standard InChI is InChI=1S/C20H22F3N3O2/c1-25-12-14(11-24-25)7-8-18(27)26-9-3-5-16(13-26)19(28)15-4-2-6-17(10-15)20(21,22)23/h2,4,6,10-12,16H,3,5,7-9,13H2,1H3/t16-/m1/s1. The van der Waals surface area contributed by atoms with E-state index < -0.39 is 17.7 Å². The number of halogens is 3. The van der Waals surface area contributed by atoms with Gasteiger partial charge in [0.25, 0.3) is 0 Å². The van der Waals surface area contributed by atoms with Gasteiger partial charge < -0.3 is 4.90 Å². The van der Waals surface area contributed by atoms with E-state index in [0.29, 0.717) is 32.2 Å². The van der Waals surface area contributed by atoms with E-state index in [1.54, 1.807) is 22.8 Å². The van der Waals surface area contributed by atoms with Crippen molar-refractivity contribution in [2.75, 3.05) is 13.1 Å². The lowest BCUT2D eigenvalue weighted by Gasteiger charge is -2.32. The second kappa shape index (κ2) is 8.16. The monoisotopic (exact) mass is 393 g/mol. The second-order valence-corrected chi connectivity index (χ2v) is 7.14. The number of rotatable bonds is 5. The number of hydrogen-bond donors (Lipinski definition) is 0. The fraction of sp³-hybridized carbons (Fsp3) is 0.450. The van der Waals surface area contributed by atoms with Crippen LogP contribution in [0.15, 0.2) is 36.7 Å². The molecule has 0 spiro atoms. The van der Waals surface area contributed by atoms with Crippen LogP contribution in [-0.2, 0) is 24.4 Å². The van der Waals surface area contributed by atoms with Crippen LogP contribution in [-0.4, -0.2) is 39.5 Å². The molecule has 0 N–H and O–H groups in total. The molecule has 2 heterocycles. The minimum atomic E-state index is -4.49. The lowest BCUT2D eigenvalue weighted by atomic mass is 9.89. The van der Waals surface area contributed by atoms with Crippen molar-refractivity contribution in [2.45, 2.75) is 31.9 Å². The molecule has 1 atom stereocenters. The minimum Gasteiger partial charge on any atom is -0.342 e. The Morgan fingerprint density at radius 3 is 2.75 bits per heavy atom. The van der Waals surface area contributed by atoms with Crippen LogP contribution in [0.2, 0.25) is 0 Å². The summed E-state index contributed by atoms with van der Waals surface area (Å²) in [6.07, 6.45) is 1.19. The lowest BCUT2D eigenvalue weighted by molar-refractivity contribution is -0.137. The molecule has 1 saturated heterocycles. The van der Waals surface area contributed by atoms with Crippen LogP contribution >= 0.6 is 0 Å². The summed E-state index contributed by atoms with van der Waals surface area (Å²) in [4.78, 5) is 26.9. The molecule has 3 rings (SSSR count). The summed E-state index contributed by atoms with van der Waals surface area (Å²) in [6, 6.07) is 4.49. The smallest absolute Gasteiger partial charge is 0.342 e. The van der Waals surface area contributed by atoms with Gasteiger partial charge in [0.05, 0.1) is 11.8 Å². The first-order valence-electron chi connectivity index (χ1n) is 9.21. The maximum atomic E-state index is 12.9. The van der Waals surface area contributed by atoms with Gasteiger partial charge in [-0.3, -0.25) is 14.3 Å². The van der Waals surface area contributed by atoms with Gasteiger partial charge in [-0.05, 0) is 37.0 Å². The second-order valence-electron chi connectivity index (χ2n) is 7.14. The van der Waals surface area contributed by atoms with E-state index in [1.807, 2.05) is 6.20 Å². The van der Waals surface area contributed by atoms with Crippen molar-refractivity contribution < 1.29 is 22.8 Å². The fourth-order valence-corrected chi connectivity index (χ4v) is 3.51. The molecular formula is C20H22F3N3O2. The summed E-state index contributed by atoms with van der Waals surface area (Å²) in [5.74, 6) is -0.860. The number of benzene rings is 1. The zero-order chi connectivity index (χ0) is 20.3. The minimum absolute atomic E-state index is 0.0458. The van der Waals surface area contributed by atoms with Crippen LogP contribution in [0.1, 0.15) is 40.7 Å². The van der Waals surface area contributed by atoms with Gasteiger partial charge in [-0.25, -0.2) is 0 Å². The number of carbonyl (C=O) groups is 2. The molecule has 5 nitrogen and oxygen atoms in total. The first-order valence-corrected chi connectivity index (χ1v) is 9.21. The van der Waals surface area contributed by atoms with E-state index >= 15 is 0 Å². The number of amides is 1. The van der Waals surface area contributed by atoms with Crippen LogP contribution in [0, 0.1) is 5.92 Å². The van der Waals surface area contributed by atoms with Gasteiger partial charge in [-0.2, -0.15) is 18.3 Å². The summed E-state index contributed by atoms with van der Waals surface area (Å²) in [5.41, 5.74) is 0.174. The molecule has 1 aliphatic rings. The SMILES string of the molecule is Cn1cc(CCC(=O)N2CCC[C@@H](C(=O)c3cccc(C(F)(F)F)c3)C2)cn1. The third-order valence-electron chi connectivity index (χ3n) is 5.01. The van der Waals surface area contributed by atoms with Gasteiger partial charge in [0.2, 0.25) is 5.91 Å². The molecule has 2 aromatic rings. The quantitative estimate of drug-likeness (QED) is 0.731. The Bertz CT molecular complexity index is 860. The topological polar surface area (TPSA) is 55.2 Å². The largest absolute Gasteiger partial charge is 0.416 e.